The number of anilines is 1. The van der Waals surface area contributed by atoms with Crippen LogP contribution in [0.3, 0.4) is 0 Å². The van der Waals surface area contributed by atoms with Crippen molar-refractivity contribution in [2.45, 2.75) is 13.5 Å². The number of aromatic nitrogens is 2. The number of nitrogens with zero attached hydrogens (tertiary/aromatic N) is 2. The molecule has 0 bridgehead atoms. The second-order valence-corrected chi connectivity index (χ2v) is 3.59. The zero-order valence-corrected chi connectivity index (χ0v) is 9.10. The summed E-state index contributed by atoms with van der Waals surface area (Å²) in [6.07, 6.45) is 0. The van der Waals surface area contributed by atoms with Gasteiger partial charge in [-0.2, -0.15) is 0 Å². The minimum atomic E-state index is -0.0389. The fourth-order valence-electron chi connectivity index (χ4n) is 1.67. The molecule has 3 N–H and O–H groups in total. The van der Waals surface area contributed by atoms with E-state index in [9.17, 15) is 4.79 Å². The Morgan fingerprint density at radius 3 is 3.00 bits per heavy atom. The van der Waals surface area contributed by atoms with Crippen molar-refractivity contribution in [2.75, 3.05) is 12.3 Å². The molecule has 0 aliphatic rings. The first-order valence-electron chi connectivity index (χ1n) is 5.13. The molecule has 5 nitrogen and oxygen atoms in total. The summed E-state index contributed by atoms with van der Waals surface area (Å²) in [5.41, 5.74) is 7.68. The van der Waals surface area contributed by atoms with Gasteiger partial charge in [0.2, 0.25) is 11.9 Å². The third-order valence-corrected chi connectivity index (χ3v) is 2.39. The Balaban J connectivity index is 2.22. The number of fused-ring (bicyclic) bond motifs is 1. The number of nitrogens with two attached hydrogens (primary N) is 1. The number of hydrogen-bond donors (Lipinski definition) is 2. The van der Waals surface area contributed by atoms with Crippen LogP contribution in [0.1, 0.15) is 6.92 Å². The van der Waals surface area contributed by atoms with Gasteiger partial charge < -0.3 is 15.6 Å². The largest absolute Gasteiger partial charge is 0.369 e. The number of carbonyl (C=O) groups excluding carboxylic acids is 1. The van der Waals surface area contributed by atoms with Crippen molar-refractivity contribution in [3.8, 4) is 0 Å². The maximum Gasteiger partial charge on any atom is 0.216 e. The van der Waals surface area contributed by atoms with Crippen molar-refractivity contribution in [1.29, 1.82) is 0 Å². The normalized spacial score (nSPS) is 10.6. The van der Waals surface area contributed by atoms with E-state index in [0.717, 1.165) is 11.0 Å². The van der Waals surface area contributed by atoms with Gasteiger partial charge in [0.1, 0.15) is 0 Å². The average Bonchev–Trinajstić information content (AvgIpc) is 2.55. The predicted molar refractivity (Wildman–Crippen MR) is 62.8 cm³/mol. The Morgan fingerprint density at radius 2 is 2.25 bits per heavy atom. The SMILES string of the molecule is CC(=O)NCCn1c(N)nc2ccccc21. The Bertz CT molecular complexity index is 518. The second-order valence-electron chi connectivity index (χ2n) is 3.59. The lowest BCUT2D eigenvalue weighted by Gasteiger charge is -2.06. The summed E-state index contributed by atoms with van der Waals surface area (Å²) < 4.78 is 1.89. The predicted octanol–water partition coefficient (Wildman–Crippen LogP) is 0.755. The van der Waals surface area contributed by atoms with Crippen LogP contribution < -0.4 is 11.1 Å². The first-order valence-corrected chi connectivity index (χ1v) is 5.13. The van der Waals surface area contributed by atoms with Crippen LogP contribution in [-0.2, 0) is 11.3 Å². The molecule has 0 spiro atoms. The number of imidazole rings is 1. The Hall–Kier alpha value is -2.04. The molecule has 84 valence electrons. The molecular weight excluding hydrogens is 204 g/mol. The van der Waals surface area contributed by atoms with Crippen molar-refractivity contribution in [2.24, 2.45) is 0 Å². The van der Waals surface area contributed by atoms with E-state index in [-0.39, 0.29) is 5.91 Å². The molecule has 0 saturated heterocycles. The molecule has 0 aliphatic heterocycles. The van der Waals surface area contributed by atoms with Gasteiger partial charge in [0, 0.05) is 20.0 Å². The van der Waals surface area contributed by atoms with Crippen LogP contribution >= 0.6 is 0 Å². The number of carbonyl (C=O) groups is 1. The van der Waals surface area contributed by atoms with E-state index in [2.05, 4.69) is 10.3 Å². The maximum atomic E-state index is 10.8. The van der Waals surface area contributed by atoms with Crippen LogP contribution in [0, 0.1) is 0 Å². The van der Waals surface area contributed by atoms with E-state index in [4.69, 9.17) is 5.73 Å². The number of rotatable bonds is 3. The molecule has 1 aromatic heterocycles. The number of para-hydroxylation sites is 2. The van der Waals surface area contributed by atoms with Crippen molar-refractivity contribution in [1.82, 2.24) is 14.9 Å². The minimum absolute atomic E-state index is 0.0389. The fourth-order valence-corrected chi connectivity index (χ4v) is 1.67. The molecule has 0 atom stereocenters. The first kappa shape index (κ1) is 10.5. The Labute approximate surface area is 93.3 Å². The van der Waals surface area contributed by atoms with Gasteiger partial charge >= 0.3 is 0 Å². The number of nitrogen functional groups attached to an aromatic ring is 1. The van der Waals surface area contributed by atoms with E-state index in [0.29, 0.717) is 19.0 Å². The lowest BCUT2D eigenvalue weighted by Crippen LogP contribution is -2.24. The first-order chi connectivity index (χ1) is 7.68. The summed E-state index contributed by atoms with van der Waals surface area (Å²) in [4.78, 5) is 15.0. The van der Waals surface area contributed by atoms with Crippen LogP contribution in [0.4, 0.5) is 5.95 Å². The van der Waals surface area contributed by atoms with E-state index in [1.807, 2.05) is 28.8 Å². The van der Waals surface area contributed by atoms with Gasteiger partial charge in [0.25, 0.3) is 0 Å². The molecule has 1 amide bonds. The number of benzene rings is 1. The monoisotopic (exact) mass is 218 g/mol. The van der Waals surface area contributed by atoms with Gasteiger partial charge in [-0.25, -0.2) is 4.98 Å². The lowest BCUT2D eigenvalue weighted by molar-refractivity contribution is -0.118. The van der Waals surface area contributed by atoms with Gasteiger partial charge in [-0.1, -0.05) is 12.1 Å². The average molecular weight is 218 g/mol. The maximum absolute atomic E-state index is 10.8. The van der Waals surface area contributed by atoms with Gasteiger partial charge in [-0.3, -0.25) is 4.79 Å². The Morgan fingerprint density at radius 1 is 1.50 bits per heavy atom. The molecule has 2 aromatic rings. The summed E-state index contributed by atoms with van der Waals surface area (Å²) >= 11 is 0. The van der Waals surface area contributed by atoms with Gasteiger partial charge in [-0.15, -0.1) is 0 Å². The van der Waals surface area contributed by atoms with E-state index in [1.54, 1.807) is 0 Å². The van der Waals surface area contributed by atoms with E-state index >= 15 is 0 Å². The van der Waals surface area contributed by atoms with Crippen LogP contribution in [0.2, 0.25) is 0 Å². The van der Waals surface area contributed by atoms with Crippen molar-refractivity contribution in [3.63, 3.8) is 0 Å². The molecule has 0 saturated carbocycles. The zero-order chi connectivity index (χ0) is 11.5. The summed E-state index contributed by atoms with van der Waals surface area (Å²) in [6.45, 7) is 2.68. The molecule has 1 heterocycles. The van der Waals surface area contributed by atoms with Crippen LogP contribution in [0.25, 0.3) is 11.0 Å². The highest BCUT2D eigenvalue weighted by molar-refractivity contribution is 5.78. The van der Waals surface area contributed by atoms with Crippen molar-refractivity contribution < 1.29 is 4.79 Å². The highest BCUT2D eigenvalue weighted by atomic mass is 16.1. The summed E-state index contributed by atoms with van der Waals surface area (Å²) in [5.74, 6) is 0.439. The summed E-state index contributed by atoms with van der Waals surface area (Å²) in [6, 6.07) is 7.75. The number of hydrogen-bond acceptors (Lipinski definition) is 3. The standard InChI is InChI=1S/C11H14N4O/c1-8(16)13-6-7-15-10-5-3-2-4-9(10)14-11(15)12/h2-5H,6-7H2,1H3,(H2,12,14)(H,13,16). The Kier molecular flexibility index (Phi) is 2.76. The number of nitrogens with one attached hydrogen (secondary N) is 1. The molecule has 1 aromatic carbocycles. The second kappa shape index (κ2) is 4.22. The fraction of sp³-hybridized carbons (Fsp3) is 0.273. The molecule has 0 aliphatic carbocycles. The summed E-state index contributed by atoms with van der Waals surface area (Å²) in [7, 11) is 0. The summed E-state index contributed by atoms with van der Waals surface area (Å²) in [5, 5.41) is 2.73. The number of amides is 1. The highest BCUT2D eigenvalue weighted by Crippen LogP contribution is 2.16. The quantitative estimate of drug-likeness (QED) is 0.798. The van der Waals surface area contributed by atoms with E-state index in [1.165, 1.54) is 6.92 Å². The molecule has 0 unspecified atom stereocenters. The molecule has 5 heteroatoms. The molecule has 0 fully saturated rings. The van der Waals surface area contributed by atoms with Crippen LogP contribution in [-0.4, -0.2) is 22.0 Å². The third-order valence-electron chi connectivity index (χ3n) is 2.39. The van der Waals surface area contributed by atoms with E-state index < -0.39 is 0 Å². The highest BCUT2D eigenvalue weighted by Gasteiger charge is 2.06. The van der Waals surface area contributed by atoms with Crippen LogP contribution in [0.5, 0.6) is 0 Å². The third kappa shape index (κ3) is 1.98. The van der Waals surface area contributed by atoms with Crippen LogP contribution in [0.15, 0.2) is 24.3 Å². The topological polar surface area (TPSA) is 72.9 Å². The van der Waals surface area contributed by atoms with Gasteiger partial charge in [-0.05, 0) is 12.1 Å². The smallest absolute Gasteiger partial charge is 0.216 e. The molecule has 16 heavy (non-hydrogen) atoms. The molecular formula is C11H14N4O. The molecule has 0 radical (unpaired) electrons. The lowest BCUT2D eigenvalue weighted by atomic mass is 10.3. The van der Waals surface area contributed by atoms with Gasteiger partial charge in [0.05, 0.1) is 11.0 Å². The zero-order valence-electron chi connectivity index (χ0n) is 9.10. The minimum Gasteiger partial charge on any atom is -0.369 e. The van der Waals surface area contributed by atoms with Crippen molar-refractivity contribution >= 4 is 22.9 Å². The van der Waals surface area contributed by atoms with Gasteiger partial charge in [0.15, 0.2) is 0 Å². The van der Waals surface area contributed by atoms with Crippen molar-refractivity contribution in [3.05, 3.63) is 24.3 Å². The molecule has 2 rings (SSSR count).